The first-order valence-electron chi connectivity index (χ1n) is 5.79. The highest BCUT2D eigenvalue weighted by Gasteiger charge is 2.00. The summed E-state index contributed by atoms with van der Waals surface area (Å²) in [5, 5.41) is 0. The monoisotopic (exact) mass is 288 g/mol. The first-order valence-corrected chi connectivity index (χ1v) is 5.79. The van der Waals surface area contributed by atoms with Gasteiger partial charge in [-0.2, -0.15) is 0 Å². The van der Waals surface area contributed by atoms with Crippen molar-refractivity contribution in [3.63, 3.8) is 0 Å². The summed E-state index contributed by atoms with van der Waals surface area (Å²) in [6.45, 7) is 4.65. The minimum atomic E-state index is 0. The highest BCUT2D eigenvalue weighted by Crippen LogP contribution is 2.26. The Balaban J connectivity index is -0.000000286. The van der Waals surface area contributed by atoms with E-state index in [0.29, 0.717) is 6.61 Å². The van der Waals surface area contributed by atoms with Crippen LogP contribution in [0.4, 0.5) is 0 Å². The van der Waals surface area contributed by atoms with Crippen LogP contribution in [0.5, 0.6) is 11.5 Å². The molecule has 0 amide bonds. The zero-order valence-corrected chi connectivity index (χ0v) is 12.1. The SMILES string of the molecule is C.C.COCC(C)OC.COc1ccc(C)cc1OC. The van der Waals surface area contributed by atoms with Crippen LogP contribution in [-0.2, 0) is 9.47 Å². The van der Waals surface area contributed by atoms with Gasteiger partial charge in [-0.15, -0.1) is 0 Å². The molecule has 0 spiro atoms. The molecule has 1 aromatic rings. The van der Waals surface area contributed by atoms with Crippen molar-refractivity contribution in [1.82, 2.24) is 0 Å². The summed E-state index contributed by atoms with van der Waals surface area (Å²) >= 11 is 0. The van der Waals surface area contributed by atoms with Crippen molar-refractivity contribution >= 4 is 0 Å². The molecule has 0 aromatic heterocycles. The lowest BCUT2D eigenvalue weighted by Crippen LogP contribution is -2.11. The molecule has 1 rings (SSSR count). The van der Waals surface area contributed by atoms with Crippen LogP contribution in [0.3, 0.4) is 0 Å². The number of hydrogen-bond acceptors (Lipinski definition) is 4. The molecular formula is C16H32O4. The predicted molar refractivity (Wildman–Crippen MR) is 86.1 cm³/mol. The largest absolute Gasteiger partial charge is 0.493 e. The molecule has 0 N–H and O–H groups in total. The molecule has 4 heteroatoms. The molecule has 1 aromatic carbocycles. The van der Waals surface area contributed by atoms with Crippen LogP contribution < -0.4 is 9.47 Å². The topological polar surface area (TPSA) is 36.9 Å². The summed E-state index contributed by atoms with van der Waals surface area (Å²) in [7, 11) is 6.60. The van der Waals surface area contributed by atoms with Crippen LogP contribution in [0.25, 0.3) is 0 Å². The fourth-order valence-electron chi connectivity index (χ4n) is 1.25. The number of benzene rings is 1. The van der Waals surface area contributed by atoms with Crippen molar-refractivity contribution < 1.29 is 18.9 Å². The average molecular weight is 288 g/mol. The Morgan fingerprint density at radius 1 is 0.950 bits per heavy atom. The minimum Gasteiger partial charge on any atom is -0.493 e. The van der Waals surface area contributed by atoms with Gasteiger partial charge >= 0.3 is 0 Å². The van der Waals surface area contributed by atoms with E-state index in [0.717, 1.165) is 11.5 Å². The smallest absolute Gasteiger partial charge is 0.160 e. The molecule has 0 bridgehead atoms. The number of hydrogen-bond donors (Lipinski definition) is 0. The zero-order chi connectivity index (χ0) is 14.0. The molecular weight excluding hydrogens is 256 g/mol. The van der Waals surface area contributed by atoms with Gasteiger partial charge in [0.1, 0.15) is 0 Å². The van der Waals surface area contributed by atoms with Crippen LogP contribution in [-0.4, -0.2) is 41.2 Å². The van der Waals surface area contributed by atoms with Crippen LogP contribution >= 0.6 is 0 Å². The lowest BCUT2D eigenvalue weighted by molar-refractivity contribution is 0.0401. The Bertz CT molecular complexity index is 326. The van der Waals surface area contributed by atoms with Gasteiger partial charge in [-0.05, 0) is 31.5 Å². The Morgan fingerprint density at radius 3 is 1.85 bits per heavy atom. The first-order chi connectivity index (χ1) is 8.58. The maximum Gasteiger partial charge on any atom is 0.160 e. The molecule has 0 fully saturated rings. The normalized spacial score (nSPS) is 10.1. The van der Waals surface area contributed by atoms with E-state index in [2.05, 4.69) is 0 Å². The molecule has 4 nitrogen and oxygen atoms in total. The van der Waals surface area contributed by atoms with E-state index in [4.69, 9.17) is 18.9 Å². The Hall–Kier alpha value is -1.26. The molecule has 20 heavy (non-hydrogen) atoms. The fourth-order valence-corrected chi connectivity index (χ4v) is 1.25. The van der Waals surface area contributed by atoms with E-state index < -0.39 is 0 Å². The summed E-state index contributed by atoms with van der Waals surface area (Å²) in [5.74, 6) is 1.56. The van der Waals surface area contributed by atoms with Crippen molar-refractivity contribution in [2.24, 2.45) is 0 Å². The van der Waals surface area contributed by atoms with Gasteiger partial charge < -0.3 is 18.9 Å². The molecule has 0 radical (unpaired) electrons. The van der Waals surface area contributed by atoms with Gasteiger partial charge in [0.15, 0.2) is 11.5 Å². The maximum atomic E-state index is 5.09. The molecule has 1 atom stereocenters. The van der Waals surface area contributed by atoms with E-state index in [1.165, 1.54) is 5.56 Å². The third-order valence-electron chi connectivity index (χ3n) is 2.34. The fraction of sp³-hybridized carbons (Fsp3) is 0.625. The molecule has 0 heterocycles. The second kappa shape index (κ2) is 14.2. The van der Waals surface area contributed by atoms with E-state index in [-0.39, 0.29) is 21.0 Å². The van der Waals surface area contributed by atoms with Gasteiger partial charge in [-0.1, -0.05) is 20.9 Å². The van der Waals surface area contributed by atoms with Crippen molar-refractivity contribution in [3.05, 3.63) is 23.8 Å². The van der Waals surface area contributed by atoms with Gasteiger partial charge in [-0.25, -0.2) is 0 Å². The third kappa shape index (κ3) is 9.64. The predicted octanol–water partition coefficient (Wildman–Crippen LogP) is 3.95. The van der Waals surface area contributed by atoms with Crippen molar-refractivity contribution in [2.45, 2.75) is 34.8 Å². The lowest BCUT2D eigenvalue weighted by Gasteiger charge is -2.06. The molecule has 0 saturated heterocycles. The van der Waals surface area contributed by atoms with E-state index in [1.807, 2.05) is 32.0 Å². The van der Waals surface area contributed by atoms with Gasteiger partial charge in [0, 0.05) is 14.2 Å². The highest BCUT2D eigenvalue weighted by molar-refractivity contribution is 5.42. The summed E-state index contributed by atoms with van der Waals surface area (Å²) in [5.41, 5.74) is 1.17. The van der Waals surface area contributed by atoms with Crippen molar-refractivity contribution in [2.75, 3.05) is 35.0 Å². The van der Waals surface area contributed by atoms with Gasteiger partial charge in [-0.3, -0.25) is 0 Å². The van der Waals surface area contributed by atoms with Crippen LogP contribution in [0.1, 0.15) is 27.3 Å². The van der Waals surface area contributed by atoms with Gasteiger partial charge in [0.2, 0.25) is 0 Å². The standard InChI is InChI=1S/C9H12O2.C5H12O2.2CH4/c1-7-4-5-8(10-2)9(6-7)11-3;1-5(7-3)4-6-2;;/h4-6H,1-3H3;5H,4H2,1-3H3;2*1H4. The second-order valence-electron chi connectivity index (χ2n) is 3.86. The van der Waals surface area contributed by atoms with E-state index in [9.17, 15) is 0 Å². The second-order valence-corrected chi connectivity index (χ2v) is 3.86. The Kier molecular flexibility index (Phi) is 16.8. The number of methoxy groups -OCH3 is 4. The number of rotatable bonds is 5. The molecule has 1 unspecified atom stereocenters. The maximum absolute atomic E-state index is 5.09. The van der Waals surface area contributed by atoms with Crippen molar-refractivity contribution in [3.8, 4) is 11.5 Å². The number of aryl methyl sites for hydroxylation is 1. The van der Waals surface area contributed by atoms with E-state index in [1.54, 1.807) is 28.4 Å². The van der Waals surface area contributed by atoms with Crippen molar-refractivity contribution in [1.29, 1.82) is 0 Å². The molecule has 0 aliphatic rings. The minimum absolute atomic E-state index is 0. The van der Waals surface area contributed by atoms with Crippen LogP contribution in [0, 0.1) is 6.92 Å². The van der Waals surface area contributed by atoms with Gasteiger partial charge in [0.25, 0.3) is 0 Å². The molecule has 0 saturated carbocycles. The molecule has 120 valence electrons. The number of ether oxygens (including phenoxy) is 4. The van der Waals surface area contributed by atoms with E-state index >= 15 is 0 Å². The van der Waals surface area contributed by atoms with Crippen LogP contribution in [0.2, 0.25) is 0 Å². The molecule has 0 aliphatic carbocycles. The summed E-state index contributed by atoms with van der Waals surface area (Å²) in [6, 6.07) is 5.83. The lowest BCUT2D eigenvalue weighted by atomic mass is 10.2. The Morgan fingerprint density at radius 2 is 1.50 bits per heavy atom. The molecule has 0 aliphatic heterocycles. The summed E-state index contributed by atoms with van der Waals surface area (Å²) in [6.07, 6.45) is 0.227. The first kappa shape index (κ1) is 23.8. The van der Waals surface area contributed by atoms with Gasteiger partial charge in [0.05, 0.1) is 26.9 Å². The highest BCUT2D eigenvalue weighted by atomic mass is 16.5. The summed E-state index contributed by atoms with van der Waals surface area (Å²) in [4.78, 5) is 0. The summed E-state index contributed by atoms with van der Waals surface area (Å²) < 4.78 is 19.8. The average Bonchev–Trinajstić information content (AvgIpc) is 2.39. The quantitative estimate of drug-likeness (QED) is 0.822. The Labute approximate surface area is 125 Å². The van der Waals surface area contributed by atoms with Crippen LogP contribution in [0.15, 0.2) is 18.2 Å². The third-order valence-corrected chi connectivity index (χ3v) is 2.34. The zero-order valence-electron chi connectivity index (χ0n) is 12.1.